The van der Waals surface area contributed by atoms with Crippen LogP contribution in [0.25, 0.3) is 0 Å². The molecule has 0 rings (SSSR count). The molecule has 0 heterocycles. The smallest absolute Gasteiger partial charge is 0.345 e. The predicted octanol–water partition coefficient (Wildman–Crippen LogP) is 9.84. The molecule has 2 N–H and O–H groups in total. The van der Waals surface area contributed by atoms with Crippen LogP contribution in [-0.2, 0) is 14.3 Å². The van der Waals surface area contributed by atoms with Crippen molar-refractivity contribution < 1.29 is 24.5 Å². The summed E-state index contributed by atoms with van der Waals surface area (Å²) < 4.78 is 4.94. The molecule has 2 unspecified atom stereocenters. The van der Waals surface area contributed by atoms with Gasteiger partial charge in [0.15, 0.2) is 6.10 Å². The predicted molar refractivity (Wildman–Crippen MR) is 168 cm³/mol. The van der Waals surface area contributed by atoms with Crippen molar-refractivity contribution in [1.82, 2.24) is 0 Å². The lowest BCUT2D eigenvalue weighted by molar-refractivity contribution is -0.170. The molecule has 0 aliphatic carbocycles. The van der Waals surface area contributed by atoms with Crippen molar-refractivity contribution in [3.05, 3.63) is 0 Å². The van der Waals surface area contributed by atoms with E-state index in [1.165, 1.54) is 109 Å². The van der Waals surface area contributed by atoms with Gasteiger partial charge in [-0.2, -0.15) is 0 Å². The molecule has 0 bridgehead atoms. The monoisotopic (exact) mass is 569 g/mol. The number of unbranched alkanes of at least 4 members (excludes halogenated alkanes) is 14. The van der Waals surface area contributed by atoms with Crippen LogP contribution in [0, 0.1) is 11.3 Å². The molecule has 0 aliphatic heterocycles. The van der Waals surface area contributed by atoms with Crippen molar-refractivity contribution in [1.29, 1.82) is 0 Å². The summed E-state index contributed by atoms with van der Waals surface area (Å²) in [5.74, 6) is -1.88. The lowest BCUT2D eigenvalue weighted by atomic mass is 9.70. The highest BCUT2D eigenvalue weighted by Crippen LogP contribution is 2.42. The van der Waals surface area contributed by atoms with Crippen LogP contribution in [0.3, 0.4) is 0 Å². The minimum atomic E-state index is -1.65. The second kappa shape index (κ2) is 26.9. The van der Waals surface area contributed by atoms with Gasteiger partial charge >= 0.3 is 11.9 Å². The fourth-order valence-electron chi connectivity index (χ4n) is 6.12. The van der Waals surface area contributed by atoms with Crippen LogP contribution in [0.2, 0.25) is 0 Å². The molecule has 0 radical (unpaired) electrons. The van der Waals surface area contributed by atoms with Crippen molar-refractivity contribution in [3.8, 4) is 0 Å². The summed E-state index contributed by atoms with van der Waals surface area (Å²) in [6.45, 7) is 8.31. The molecule has 0 amide bonds. The molecule has 0 saturated carbocycles. The molecular weight excluding hydrogens is 500 g/mol. The molecule has 0 aromatic heterocycles. The molecule has 238 valence electrons. The summed E-state index contributed by atoms with van der Waals surface area (Å²) in [5, 5.41) is 18.5. The van der Waals surface area contributed by atoms with Gasteiger partial charge in [-0.3, -0.25) is 4.79 Å². The minimum absolute atomic E-state index is 0.311. The van der Waals surface area contributed by atoms with E-state index < -0.39 is 24.6 Å². The first-order valence-electron chi connectivity index (χ1n) is 17.4. The number of hydrogen-bond acceptors (Lipinski definition) is 5. The molecule has 40 heavy (non-hydrogen) atoms. The largest absolute Gasteiger partial charge is 0.393 e. The third-order valence-corrected chi connectivity index (χ3v) is 8.83. The number of rotatable bonds is 29. The van der Waals surface area contributed by atoms with Gasteiger partial charge in [-0.05, 0) is 43.9 Å². The molecule has 0 aromatic carbocycles. The molecule has 5 heteroatoms. The molecule has 5 nitrogen and oxygen atoms in total. The van der Waals surface area contributed by atoms with E-state index in [4.69, 9.17) is 9.84 Å². The standard InChI is InChI=1S/C35H68O5/c1-5-9-13-18-24-31(33(38)40-34(39)32(37)30-36)25-19-17-23-29-35(26-20-14-10-6-2,27-21-15-11-7-3)28-22-16-12-8-4/h31-32,36-37H,5-30H2,1-4H3. The van der Waals surface area contributed by atoms with Crippen molar-refractivity contribution in [2.45, 2.75) is 194 Å². The van der Waals surface area contributed by atoms with Gasteiger partial charge in [-0.1, -0.05) is 150 Å². The van der Waals surface area contributed by atoms with Crippen LogP contribution < -0.4 is 0 Å². The van der Waals surface area contributed by atoms with E-state index in [2.05, 4.69) is 27.7 Å². The maximum absolute atomic E-state index is 12.7. The summed E-state index contributed by atoms with van der Waals surface area (Å²) in [6.07, 6.45) is 28.8. The number of aliphatic hydroxyl groups excluding tert-OH is 2. The summed E-state index contributed by atoms with van der Waals surface area (Å²) in [5.41, 5.74) is 0.473. The van der Waals surface area contributed by atoms with E-state index in [0.717, 1.165) is 51.4 Å². The Labute approximate surface area is 248 Å². The van der Waals surface area contributed by atoms with Gasteiger partial charge < -0.3 is 14.9 Å². The lowest BCUT2D eigenvalue weighted by Crippen LogP contribution is -2.31. The molecule has 0 spiro atoms. The average Bonchev–Trinajstić information content (AvgIpc) is 2.96. The Morgan fingerprint density at radius 2 is 0.900 bits per heavy atom. The number of carbonyl (C=O) groups excluding carboxylic acids is 2. The fraction of sp³-hybridized carbons (Fsp3) is 0.943. The zero-order valence-corrected chi connectivity index (χ0v) is 27.2. The Morgan fingerprint density at radius 1 is 0.550 bits per heavy atom. The highest BCUT2D eigenvalue weighted by Gasteiger charge is 2.29. The van der Waals surface area contributed by atoms with Crippen molar-refractivity contribution in [2.24, 2.45) is 11.3 Å². The summed E-state index contributed by atoms with van der Waals surface area (Å²) in [4.78, 5) is 24.6. The third-order valence-electron chi connectivity index (χ3n) is 8.83. The van der Waals surface area contributed by atoms with Crippen LogP contribution in [0.15, 0.2) is 0 Å². The van der Waals surface area contributed by atoms with Gasteiger partial charge in [0, 0.05) is 0 Å². The fourth-order valence-corrected chi connectivity index (χ4v) is 6.12. The van der Waals surface area contributed by atoms with Crippen LogP contribution in [0.5, 0.6) is 0 Å². The number of ether oxygens (including phenoxy) is 1. The number of aliphatic hydroxyl groups is 2. The summed E-state index contributed by atoms with van der Waals surface area (Å²) in [6, 6.07) is 0. The van der Waals surface area contributed by atoms with Crippen LogP contribution >= 0.6 is 0 Å². The van der Waals surface area contributed by atoms with E-state index in [0.29, 0.717) is 5.41 Å². The van der Waals surface area contributed by atoms with Gasteiger partial charge in [0.2, 0.25) is 0 Å². The maximum Gasteiger partial charge on any atom is 0.345 e. The topological polar surface area (TPSA) is 83.8 Å². The first-order valence-corrected chi connectivity index (χ1v) is 17.4. The normalized spacial score (nSPS) is 13.3. The minimum Gasteiger partial charge on any atom is -0.393 e. The first kappa shape index (κ1) is 39.1. The first-order chi connectivity index (χ1) is 19.4. The molecule has 0 saturated heterocycles. The molecule has 0 aromatic rings. The van der Waals surface area contributed by atoms with Crippen molar-refractivity contribution >= 4 is 11.9 Å². The SMILES string of the molecule is CCCCCCC(CCCCCC(CCCCCC)(CCCCCC)CCCCCC)C(=O)OC(=O)C(O)CO. The summed E-state index contributed by atoms with van der Waals surface area (Å²) in [7, 11) is 0. The second-order valence-electron chi connectivity index (χ2n) is 12.5. The Balaban J connectivity index is 5.11. The van der Waals surface area contributed by atoms with Gasteiger partial charge in [0.1, 0.15) is 0 Å². The highest BCUT2D eigenvalue weighted by atomic mass is 16.6. The second-order valence-corrected chi connectivity index (χ2v) is 12.5. The lowest BCUT2D eigenvalue weighted by Gasteiger charge is -2.35. The third kappa shape index (κ3) is 20.0. The maximum atomic E-state index is 12.7. The van der Waals surface area contributed by atoms with E-state index in [1.807, 2.05) is 0 Å². The van der Waals surface area contributed by atoms with Crippen LogP contribution in [0.1, 0.15) is 188 Å². The number of carbonyl (C=O) groups is 2. The van der Waals surface area contributed by atoms with Gasteiger partial charge in [-0.15, -0.1) is 0 Å². The Morgan fingerprint density at radius 3 is 1.25 bits per heavy atom. The van der Waals surface area contributed by atoms with E-state index in [-0.39, 0.29) is 5.92 Å². The Kier molecular flexibility index (Phi) is 26.3. The van der Waals surface area contributed by atoms with Gasteiger partial charge in [0.25, 0.3) is 0 Å². The van der Waals surface area contributed by atoms with Crippen LogP contribution in [0.4, 0.5) is 0 Å². The average molecular weight is 569 g/mol. The molecule has 0 aliphatic rings. The van der Waals surface area contributed by atoms with Gasteiger partial charge in [-0.25, -0.2) is 4.79 Å². The summed E-state index contributed by atoms with van der Waals surface area (Å²) >= 11 is 0. The van der Waals surface area contributed by atoms with E-state index in [1.54, 1.807) is 0 Å². The van der Waals surface area contributed by atoms with Gasteiger partial charge in [0.05, 0.1) is 12.5 Å². The molecular formula is C35H68O5. The van der Waals surface area contributed by atoms with Crippen molar-refractivity contribution in [3.63, 3.8) is 0 Å². The molecule has 0 fully saturated rings. The quantitative estimate of drug-likeness (QED) is 0.0533. The zero-order chi connectivity index (χ0) is 29.9. The zero-order valence-electron chi connectivity index (χ0n) is 27.2. The van der Waals surface area contributed by atoms with Crippen LogP contribution in [-0.4, -0.2) is 34.9 Å². The number of esters is 2. The highest BCUT2D eigenvalue weighted by molar-refractivity contribution is 5.88. The molecule has 2 atom stereocenters. The van der Waals surface area contributed by atoms with E-state index in [9.17, 15) is 14.7 Å². The van der Waals surface area contributed by atoms with E-state index >= 15 is 0 Å². The Bertz CT molecular complexity index is 559. The Hall–Kier alpha value is -0.940. The number of hydrogen-bond donors (Lipinski definition) is 2. The van der Waals surface area contributed by atoms with Crippen molar-refractivity contribution in [2.75, 3.05) is 6.61 Å².